The summed E-state index contributed by atoms with van der Waals surface area (Å²) in [7, 11) is 0. The number of benzene rings is 1. The molecular weight excluding hydrogens is 458 g/mol. The molecule has 2 saturated heterocycles. The fourth-order valence-corrected chi connectivity index (χ4v) is 6.81. The Hall–Kier alpha value is -0.940. The number of hydroxylamine groups is 2. The van der Waals surface area contributed by atoms with E-state index in [1.165, 1.54) is 69.8 Å². The van der Waals surface area contributed by atoms with Crippen LogP contribution < -0.4 is 0 Å². The quantitative estimate of drug-likeness (QED) is 0.194. The van der Waals surface area contributed by atoms with Gasteiger partial charge in [0.25, 0.3) is 0 Å². The van der Waals surface area contributed by atoms with Crippen LogP contribution in [0.1, 0.15) is 136 Å². The van der Waals surface area contributed by atoms with Gasteiger partial charge in [-0.05, 0) is 45.1 Å². The Kier molecular flexibility index (Phi) is 12.4. The van der Waals surface area contributed by atoms with Gasteiger partial charge in [-0.1, -0.05) is 115 Å². The fraction of sp³-hybridized carbons (Fsp3) is 0.818. The third-order valence-corrected chi connectivity index (χ3v) is 8.84. The monoisotopic (exact) mass is 515 g/mol. The number of ether oxygens (including phenoxy) is 2. The average molecular weight is 516 g/mol. The van der Waals surface area contributed by atoms with Crippen molar-refractivity contribution in [1.29, 1.82) is 0 Å². The van der Waals surface area contributed by atoms with Crippen LogP contribution in [0.15, 0.2) is 30.3 Å². The lowest BCUT2D eigenvalue weighted by molar-refractivity contribution is -0.345. The first kappa shape index (κ1) is 30.6. The first-order valence-electron chi connectivity index (χ1n) is 15.7. The SMILES string of the molecule is CCCCCCCCCCCCC1COC2(CC(C)(C)N(OCCc3ccccc3)C(CC)(CC)C2)O1. The predicted molar refractivity (Wildman–Crippen MR) is 155 cm³/mol. The second-order valence-corrected chi connectivity index (χ2v) is 12.4. The molecule has 2 heterocycles. The first-order valence-corrected chi connectivity index (χ1v) is 15.7. The summed E-state index contributed by atoms with van der Waals surface area (Å²) < 4.78 is 13.3. The summed E-state index contributed by atoms with van der Waals surface area (Å²) in [6.07, 6.45) is 19.8. The molecule has 0 bridgehead atoms. The van der Waals surface area contributed by atoms with Crippen molar-refractivity contribution in [2.75, 3.05) is 13.2 Å². The van der Waals surface area contributed by atoms with Crippen molar-refractivity contribution in [3.05, 3.63) is 35.9 Å². The highest BCUT2D eigenvalue weighted by molar-refractivity contribution is 5.14. The maximum absolute atomic E-state index is 6.78. The lowest BCUT2D eigenvalue weighted by atomic mass is 9.73. The smallest absolute Gasteiger partial charge is 0.172 e. The minimum atomic E-state index is -0.474. The molecule has 0 aliphatic carbocycles. The molecule has 2 aliphatic heterocycles. The van der Waals surface area contributed by atoms with Crippen LogP contribution in [-0.4, -0.2) is 41.2 Å². The third kappa shape index (κ3) is 8.78. The highest BCUT2D eigenvalue weighted by Gasteiger charge is 2.59. The van der Waals surface area contributed by atoms with E-state index in [1.807, 2.05) is 0 Å². The lowest BCUT2D eigenvalue weighted by Crippen LogP contribution is -2.67. The summed E-state index contributed by atoms with van der Waals surface area (Å²) in [4.78, 5) is 6.59. The molecular formula is C33H57NO3. The standard InChI is InChI=1S/C33H57NO3/c1-6-9-10-11-12-13-14-15-16-20-23-30-26-35-33(37-30)27-31(4,5)34(32(7-2,8-3)28-33)36-25-24-29-21-18-17-19-22-29/h17-19,21-22,30H,6-16,20,23-28H2,1-5H3. The average Bonchev–Trinajstić information content (AvgIpc) is 3.27. The van der Waals surface area contributed by atoms with E-state index < -0.39 is 5.79 Å². The van der Waals surface area contributed by atoms with Gasteiger partial charge in [0.15, 0.2) is 5.79 Å². The van der Waals surface area contributed by atoms with Crippen LogP contribution in [0.5, 0.6) is 0 Å². The summed E-state index contributed by atoms with van der Waals surface area (Å²) in [6, 6.07) is 10.6. The van der Waals surface area contributed by atoms with Gasteiger partial charge in [-0.25, -0.2) is 0 Å². The van der Waals surface area contributed by atoms with Crippen LogP contribution >= 0.6 is 0 Å². The van der Waals surface area contributed by atoms with E-state index >= 15 is 0 Å². The Morgan fingerprint density at radius 1 is 0.838 bits per heavy atom. The second kappa shape index (κ2) is 15.0. The Labute approximate surface area is 228 Å². The van der Waals surface area contributed by atoms with Crippen molar-refractivity contribution in [3.63, 3.8) is 0 Å². The van der Waals surface area contributed by atoms with E-state index in [2.05, 4.69) is 70.0 Å². The minimum Gasteiger partial charge on any atom is -0.347 e. The van der Waals surface area contributed by atoms with E-state index in [-0.39, 0.29) is 17.2 Å². The number of hydrogen-bond donors (Lipinski definition) is 0. The van der Waals surface area contributed by atoms with Crippen LogP contribution in [-0.2, 0) is 20.7 Å². The summed E-state index contributed by atoms with van der Waals surface area (Å²) in [5.41, 5.74) is 1.09. The summed E-state index contributed by atoms with van der Waals surface area (Å²) in [5, 5.41) is 2.33. The molecule has 2 unspecified atom stereocenters. The molecule has 0 amide bonds. The topological polar surface area (TPSA) is 30.9 Å². The molecule has 1 aromatic carbocycles. The molecule has 2 atom stereocenters. The Balaban J connectivity index is 1.46. The van der Waals surface area contributed by atoms with Crippen LogP contribution in [0.3, 0.4) is 0 Å². The molecule has 0 saturated carbocycles. The molecule has 1 spiro atoms. The highest BCUT2D eigenvalue weighted by atomic mass is 16.7. The maximum Gasteiger partial charge on any atom is 0.172 e. The van der Waals surface area contributed by atoms with Gasteiger partial charge in [-0.3, -0.25) is 4.84 Å². The molecule has 2 fully saturated rings. The predicted octanol–water partition coefficient (Wildman–Crippen LogP) is 9.02. The van der Waals surface area contributed by atoms with Gasteiger partial charge in [0.1, 0.15) is 0 Å². The zero-order valence-electron chi connectivity index (χ0n) is 24.9. The fourth-order valence-electron chi connectivity index (χ4n) is 6.81. The van der Waals surface area contributed by atoms with Crippen molar-refractivity contribution in [1.82, 2.24) is 5.06 Å². The molecule has 0 N–H and O–H groups in total. The molecule has 3 rings (SSSR count). The van der Waals surface area contributed by atoms with Gasteiger partial charge in [-0.2, -0.15) is 5.06 Å². The number of hydrogen-bond acceptors (Lipinski definition) is 4. The largest absolute Gasteiger partial charge is 0.347 e. The van der Waals surface area contributed by atoms with Gasteiger partial charge in [0, 0.05) is 18.4 Å². The minimum absolute atomic E-state index is 0.0789. The third-order valence-electron chi connectivity index (χ3n) is 8.84. The van der Waals surface area contributed by atoms with Crippen molar-refractivity contribution in [2.45, 2.75) is 160 Å². The number of piperidine rings is 1. The summed E-state index contributed by atoms with van der Waals surface area (Å²) in [5.74, 6) is -0.474. The second-order valence-electron chi connectivity index (χ2n) is 12.4. The van der Waals surface area contributed by atoms with Crippen LogP contribution in [0.2, 0.25) is 0 Å². The highest BCUT2D eigenvalue weighted by Crippen LogP contribution is 2.51. The van der Waals surface area contributed by atoms with Gasteiger partial charge < -0.3 is 9.47 Å². The number of nitrogens with zero attached hydrogens (tertiary/aromatic N) is 1. The Morgan fingerprint density at radius 2 is 1.46 bits per heavy atom. The molecule has 2 aliphatic rings. The van der Waals surface area contributed by atoms with Gasteiger partial charge >= 0.3 is 0 Å². The van der Waals surface area contributed by atoms with Crippen LogP contribution in [0.4, 0.5) is 0 Å². The molecule has 0 radical (unpaired) electrons. The molecule has 37 heavy (non-hydrogen) atoms. The Morgan fingerprint density at radius 3 is 2.08 bits per heavy atom. The van der Waals surface area contributed by atoms with Crippen LogP contribution in [0.25, 0.3) is 0 Å². The van der Waals surface area contributed by atoms with E-state index in [0.29, 0.717) is 6.61 Å². The van der Waals surface area contributed by atoms with Crippen molar-refractivity contribution in [2.24, 2.45) is 0 Å². The molecule has 212 valence electrons. The molecule has 1 aromatic rings. The van der Waals surface area contributed by atoms with E-state index in [9.17, 15) is 0 Å². The normalized spacial score (nSPS) is 25.2. The molecule has 4 nitrogen and oxygen atoms in total. The first-order chi connectivity index (χ1) is 17.9. The van der Waals surface area contributed by atoms with Crippen molar-refractivity contribution in [3.8, 4) is 0 Å². The van der Waals surface area contributed by atoms with Crippen molar-refractivity contribution >= 4 is 0 Å². The van der Waals surface area contributed by atoms with Crippen LogP contribution in [0, 0.1) is 0 Å². The lowest BCUT2D eigenvalue weighted by Gasteiger charge is -2.58. The summed E-state index contributed by atoms with van der Waals surface area (Å²) in [6.45, 7) is 12.9. The van der Waals surface area contributed by atoms with Gasteiger partial charge in [-0.15, -0.1) is 0 Å². The number of unbranched alkanes of at least 4 members (excludes halogenated alkanes) is 9. The van der Waals surface area contributed by atoms with Gasteiger partial charge in [0.05, 0.1) is 24.9 Å². The summed E-state index contributed by atoms with van der Waals surface area (Å²) >= 11 is 0. The zero-order chi connectivity index (χ0) is 26.6. The molecule has 4 heteroatoms. The number of rotatable bonds is 17. The zero-order valence-corrected chi connectivity index (χ0v) is 24.9. The van der Waals surface area contributed by atoms with E-state index in [1.54, 1.807) is 0 Å². The molecule has 0 aromatic heterocycles. The van der Waals surface area contributed by atoms with E-state index in [0.717, 1.165) is 45.1 Å². The Bertz CT molecular complexity index is 747. The maximum atomic E-state index is 6.78. The van der Waals surface area contributed by atoms with Gasteiger partial charge in [0.2, 0.25) is 0 Å². The van der Waals surface area contributed by atoms with E-state index in [4.69, 9.17) is 14.3 Å². The van der Waals surface area contributed by atoms with Crippen molar-refractivity contribution < 1.29 is 14.3 Å².